The molecular weight excluding hydrogens is 485 g/mol. The molecule has 2 heterocycles. The molecule has 0 aliphatic carbocycles. The van der Waals surface area contributed by atoms with Gasteiger partial charge in [-0.25, -0.2) is 18.6 Å². The van der Waals surface area contributed by atoms with E-state index in [0.717, 1.165) is 11.3 Å². The summed E-state index contributed by atoms with van der Waals surface area (Å²) in [4.78, 5) is 21.6. The van der Waals surface area contributed by atoms with E-state index >= 15 is 0 Å². The number of phenols is 1. The Balaban J connectivity index is 1.85. The topological polar surface area (TPSA) is 136 Å². The molecule has 0 saturated heterocycles. The van der Waals surface area contributed by atoms with E-state index in [9.17, 15) is 18.5 Å². The Morgan fingerprint density at radius 3 is 2.67 bits per heavy atom. The molecule has 36 heavy (non-hydrogen) atoms. The van der Waals surface area contributed by atoms with Crippen molar-refractivity contribution >= 4 is 39.4 Å². The summed E-state index contributed by atoms with van der Waals surface area (Å²) in [5.74, 6) is -1.14. The van der Waals surface area contributed by atoms with Crippen molar-refractivity contribution in [2.75, 3.05) is 30.0 Å². The standard InChI is InChI=1S/C24H26FN7O3S/c1-5-13-10-18(33)16(25)11-15(13)21-28-22(19-20(24(34)26-2)30-31-23(19)29-21)27-12-14-8-6-7-9-17(14)32(3)36(4)35/h6-11,33H,5,12H2,1-4H3,(H,26,34)(H2,27,28,29,30,31). The molecule has 4 N–H and O–H groups in total. The number of aromatic hydroxyl groups is 1. The molecule has 1 unspecified atom stereocenters. The van der Waals surface area contributed by atoms with Crippen molar-refractivity contribution in [1.29, 1.82) is 0 Å². The van der Waals surface area contributed by atoms with Gasteiger partial charge in [0, 0.05) is 32.5 Å². The van der Waals surface area contributed by atoms with Crippen molar-refractivity contribution in [3.05, 3.63) is 59.0 Å². The van der Waals surface area contributed by atoms with E-state index in [1.165, 1.54) is 19.2 Å². The zero-order chi connectivity index (χ0) is 26.0. The van der Waals surface area contributed by atoms with Crippen molar-refractivity contribution in [3.8, 4) is 17.1 Å². The SMILES string of the molecule is CCc1cc(O)c(F)cc1-c1nc(NCc2ccccc2N(C)S(C)=O)c2c(C(=O)NC)[nH]nc2n1. The van der Waals surface area contributed by atoms with Gasteiger partial charge in [-0.1, -0.05) is 25.1 Å². The molecule has 4 aromatic rings. The van der Waals surface area contributed by atoms with Gasteiger partial charge in [-0.15, -0.1) is 0 Å². The second kappa shape index (κ2) is 10.3. The van der Waals surface area contributed by atoms with Crippen molar-refractivity contribution in [2.24, 2.45) is 0 Å². The van der Waals surface area contributed by atoms with Gasteiger partial charge in [0.2, 0.25) is 0 Å². The number of aromatic amines is 1. The first-order chi connectivity index (χ1) is 17.2. The van der Waals surface area contributed by atoms with Crippen LogP contribution in [0.2, 0.25) is 0 Å². The van der Waals surface area contributed by atoms with Gasteiger partial charge in [-0.2, -0.15) is 5.10 Å². The molecule has 0 aliphatic rings. The van der Waals surface area contributed by atoms with Crippen LogP contribution in [0.3, 0.4) is 0 Å². The molecular formula is C24H26FN7O3S. The molecule has 1 atom stereocenters. The highest BCUT2D eigenvalue weighted by Crippen LogP contribution is 2.32. The number of anilines is 2. The van der Waals surface area contributed by atoms with Crippen molar-refractivity contribution in [1.82, 2.24) is 25.5 Å². The summed E-state index contributed by atoms with van der Waals surface area (Å²) < 4.78 is 28.0. The van der Waals surface area contributed by atoms with E-state index < -0.39 is 28.5 Å². The molecule has 0 bridgehead atoms. The molecule has 0 spiro atoms. The van der Waals surface area contributed by atoms with Crippen LogP contribution in [-0.2, 0) is 24.0 Å². The number of benzene rings is 2. The molecule has 1 amide bonds. The average Bonchev–Trinajstić information content (AvgIpc) is 3.32. The normalized spacial score (nSPS) is 11.9. The van der Waals surface area contributed by atoms with Crippen LogP contribution in [0.25, 0.3) is 22.4 Å². The number of nitrogens with one attached hydrogen (secondary N) is 3. The zero-order valence-electron chi connectivity index (χ0n) is 20.2. The fourth-order valence-corrected chi connectivity index (χ4v) is 4.31. The summed E-state index contributed by atoms with van der Waals surface area (Å²) >= 11 is 0. The summed E-state index contributed by atoms with van der Waals surface area (Å²) in [5, 5.41) is 22.9. The Morgan fingerprint density at radius 1 is 1.22 bits per heavy atom. The van der Waals surface area contributed by atoms with Crippen LogP contribution in [0, 0.1) is 5.82 Å². The van der Waals surface area contributed by atoms with Crippen LogP contribution in [0.15, 0.2) is 36.4 Å². The summed E-state index contributed by atoms with van der Waals surface area (Å²) in [5.41, 5.74) is 3.07. The minimum absolute atomic E-state index is 0.175. The summed E-state index contributed by atoms with van der Waals surface area (Å²) in [6.45, 7) is 2.16. The largest absolute Gasteiger partial charge is 0.505 e. The summed E-state index contributed by atoms with van der Waals surface area (Å²) in [6, 6.07) is 10.0. The molecule has 4 rings (SSSR count). The monoisotopic (exact) mass is 511 g/mol. The van der Waals surface area contributed by atoms with E-state index in [2.05, 4.69) is 30.8 Å². The Kier molecular flexibility index (Phi) is 7.15. The number of H-pyrrole nitrogens is 1. The first-order valence-electron chi connectivity index (χ1n) is 11.1. The van der Waals surface area contributed by atoms with Crippen molar-refractivity contribution in [3.63, 3.8) is 0 Å². The number of nitrogens with zero attached hydrogens (tertiary/aromatic N) is 4. The quantitative estimate of drug-likeness (QED) is 0.285. The Hall–Kier alpha value is -4.06. The molecule has 0 fully saturated rings. The second-order valence-electron chi connectivity index (χ2n) is 7.99. The Bertz CT molecular complexity index is 1470. The first kappa shape index (κ1) is 25.0. The highest BCUT2D eigenvalue weighted by atomic mass is 32.2. The van der Waals surface area contributed by atoms with Crippen LogP contribution in [-0.4, -0.2) is 55.7 Å². The number of carbonyl (C=O) groups is 1. The van der Waals surface area contributed by atoms with Gasteiger partial charge in [0.25, 0.3) is 5.91 Å². The maximum absolute atomic E-state index is 14.3. The third-order valence-electron chi connectivity index (χ3n) is 5.82. The number of aromatic nitrogens is 4. The number of halogens is 1. The van der Waals surface area contributed by atoms with Crippen LogP contribution < -0.4 is 14.9 Å². The molecule has 2 aromatic heterocycles. The maximum Gasteiger partial charge on any atom is 0.269 e. The predicted molar refractivity (Wildman–Crippen MR) is 138 cm³/mol. The van der Waals surface area contributed by atoms with Gasteiger partial charge < -0.3 is 15.7 Å². The lowest BCUT2D eigenvalue weighted by molar-refractivity contribution is 0.0959. The fraction of sp³-hybridized carbons (Fsp3) is 0.250. The molecule has 2 aromatic carbocycles. The van der Waals surface area contributed by atoms with E-state index in [1.807, 2.05) is 31.2 Å². The Morgan fingerprint density at radius 2 is 1.97 bits per heavy atom. The number of amides is 1. The first-order valence-corrected chi connectivity index (χ1v) is 12.7. The number of hydrogen-bond acceptors (Lipinski definition) is 7. The van der Waals surface area contributed by atoms with Crippen LogP contribution in [0.4, 0.5) is 15.9 Å². The van der Waals surface area contributed by atoms with Gasteiger partial charge in [0.15, 0.2) is 23.0 Å². The number of hydrogen-bond donors (Lipinski definition) is 4. The summed E-state index contributed by atoms with van der Waals surface area (Å²) in [6.07, 6.45) is 2.10. The minimum Gasteiger partial charge on any atom is -0.505 e. The zero-order valence-corrected chi connectivity index (χ0v) is 21.0. The van der Waals surface area contributed by atoms with Crippen molar-refractivity contribution < 1.29 is 18.5 Å². The number of phenolic OH excluding ortho intramolecular Hbond substituents is 1. The van der Waals surface area contributed by atoms with Crippen LogP contribution >= 0.6 is 0 Å². The number of fused-ring (bicyclic) bond motifs is 1. The van der Waals surface area contributed by atoms with Gasteiger partial charge in [0.1, 0.15) is 22.5 Å². The van der Waals surface area contributed by atoms with Crippen molar-refractivity contribution in [2.45, 2.75) is 19.9 Å². The minimum atomic E-state index is -1.23. The average molecular weight is 512 g/mol. The third-order valence-corrected chi connectivity index (χ3v) is 6.79. The van der Waals surface area contributed by atoms with Gasteiger partial charge >= 0.3 is 0 Å². The van der Waals surface area contributed by atoms with E-state index in [0.29, 0.717) is 28.8 Å². The van der Waals surface area contributed by atoms with E-state index in [4.69, 9.17) is 0 Å². The molecule has 0 aliphatic heterocycles. The van der Waals surface area contributed by atoms with Gasteiger partial charge in [-0.3, -0.25) is 14.2 Å². The highest BCUT2D eigenvalue weighted by Gasteiger charge is 2.22. The molecule has 12 heteroatoms. The maximum atomic E-state index is 14.3. The predicted octanol–water partition coefficient (Wildman–Crippen LogP) is 3.13. The molecule has 0 radical (unpaired) electrons. The lowest BCUT2D eigenvalue weighted by Crippen LogP contribution is -2.21. The van der Waals surface area contributed by atoms with Crippen LogP contribution in [0.1, 0.15) is 28.5 Å². The third kappa shape index (κ3) is 4.71. The highest BCUT2D eigenvalue weighted by molar-refractivity contribution is 7.85. The lowest BCUT2D eigenvalue weighted by Gasteiger charge is -2.20. The van der Waals surface area contributed by atoms with E-state index in [1.54, 1.807) is 17.6 Å². The lowest BCUT2D eigenvalue weighted by atomic mass is 10.0. The number of rotatable bonds is 8. The van der Waals surface area contributed by atoms with Gasteiger partial charge in [0.05, 0.1) is 11.1 Å². The number of carbonyl (C=O) groups excluding carboxylic acids is 1. The van der Waals surface area contributed by atoms with Gasteiger partial charge in [-0.05, 0) is 35.7 Å². The number of para-hydroxylation sites is 1. The van der Waals surface area contributed by atoms with E-state index in [-0.39, 0.29) is 23.7 Å². The smallest absolute Gasteiger partial charge is 0.269 e. The summed E-state index contributed by atoms with van der Waals surface area (Å²) in [7, 11) is 2.01. The molecule has 188 valence electrons. The number of aryl methyl sites for hydroxylation is 1. The van der Waals surface area contributed by atoms with Crippen LogP contribution in [0.5, 0.6) is 5.75 Å². The fourth-order valence-electron chi connectivity index (χ4n) is 3.85. The molecule has 0 saturated carbocycles. The second-order valence-corrected chi connectivity index (χ2v) is 9.39. The molecule has 10 nitrogen and oxygen atoms in total. The Labute approximate surface area is 209 Å².